The molecule has 0 aromatic heterocycles. The predicted octanol–water partition coefficient (Wildman–Crippen LogP) is 7.63. The van der Waals surface area contributed by atoms with Crippen LogP contribution in [0.3, 0.4) is 0 Å². The summed E-state index contributed by atoms with van der Waals surface area (Å²) in [5.74, 6) is 1.31. The molecule has 0 aliphatic rings. The van der Waals surface area contributed by atoms with Gasteiger partial charge in [-0.3, -0.25) is 9.59 Å². The van der Waals surface area contributed by atoms with Crippen LogP contribution in [0.25, 0.3) is 0 Å². The van der Waals surface area contributed by atoms with Gasteiger partial charge in [0.25, 0.3) is 0 Å². The average molecular weight is 427 g/mol. The molecule has 0 unspecified atom stereocenters. The highest BCUT2D eigenvalue weighted by molar-refractivity contribution is 5.70. The molecule has 0 aliphatic heterocycles. The summed E-state index contributed by atoms with van der Waals surface area (Å²) in [6, 6.07) is 0. The van der Waals surface area contributed by atoms with Crippen LogP contribution in [0.4, 0.5) is 0 Å². The third kappa shape index (κ3) is 23.2. The summed E-state index contributed by atoms with van der Waals surface area (Å²) in [7, 11) is 0. The van der Waals surface area contributed by atoms with Crippen molar-refractivity contribution < 1.29 is 19.1 Å². The molecule has 0 N–H and O–H groups in total. The summed E-state index contributed by atoms with van der Waals surface area (Å²) in [4.78, 5) is 23.4. The summed E-state index contributed by atoms with van der Waals surface area (Å²) in [6.45, 7) is 10.1. The fourth-order valence-electron chi connectivity index (χ4n) is 3.42. The van der Waals surface area contributed by atoms with Gasteiger partial charge >= 0.3 is 11.9 Å². The van der Waals surface area contributed by atoms with Crippen LogP contribution in [0.2, 0.25) is 0 Å². The molecule has 0 saturated heterocycles. The Balaban J connectivity index is 3.33. The lowest BCUT2D eigenvalue weighted by Gasteiger charge is -2.07. The van der Waals surface area contributed by atoms with Crippen LogP contribution in [0, 0.1) is 11.8 Å². The van der Waals surface area contributed by atoms with Crippen LogP contribution in [0.1, 0.15) is 130 Å². The minimum absolute atomic E-state index is 0.138. The van der Waals surface area contributed by atoms with Gasteiger partial charge in [-0.1, -0.05) is 91.9 Å². The van der Waals surface area contributed by atoms with Crippen molar-refractivity contribution in [3.63, 3.8) is 0 Å². The van der Waals surface area contributed by atoms with Gasteiger partial charge in [0.2, 0.25) is 0 Å². The van der Waals surface area contributed by atoms with E-state index in [-0.39, 0.29) is 11.9 Å². The zero-order valence-corrected chi connectivity index (χ0v) is 20.5. The van der Waals surface area contributed by atoms with E-state index in [1.165, 1.54) is 51.4 Å². The Hall–Kier alpha value is -1.06. The van der Waals surface area contributed by atoms with E-state index in [2.05, 4.69) is 27.7 Å². The topological polar surface area (TPSA) is 52.6 Å². The monoisotopic (exact) mass is 426 g/mol. The molecule has 0 aromatic rings. The molecule has 0 rings (SSSR count). The van der Waals surface area contributed by atoms with E-state index in [1.807, 2.05) is 0 Å². The van der Waals surface area contributed by atoms with Gasteiger partial charge in [-0.15, -0.1) is 0 Å². The second kappa shape index (κ2) is 21.2. The van der Waals surface area contributed by atoms with Crippen LogP contribution < -0.4 is 0 Å². The van der Waals surface area contributed by atoms with Gasteiger partial charge in [0, 0.05) is 12.8 Å². The molecule has 0 heterocycles. The van der Waals surface area contributed by atoms with E-state index in [9.17, 15) is 9.59 Å². The molecule has 0 amide bonds. The van der Waals surface area contributed by atoms with Crippen molar-refractivity contribution in [3.05, 3.63) is 0 Å². The number of unbranched alkanes of at least 4 members (excludes halogenated alkanes) is 9. The third-order valence-electron chi connectivity index (χ3n) is 5.39. The first-order chi connectivity index (χ1) is 14.4. The maximum Gasteiger partial charge on any atom is 0.305 e. The highest BCUT2D eigenvalue weighted by Gasteiger charge is 2.06. The fraction of sp³-hybridized carbons (Fsp3) is 0.923. The molecule has 0 aliphatic carbocycles. The smallest absolute Gasteiger partial charge is 0.305 e. The Morgan fingerprint density at radius 3 is 1.20 bits per heavy atom. The Bertz CT molecular complexity index is 366. The summed E-state index contributed by atoms with van der Waals surface area (Å²) >= 11 is 0. The van der Waals surface area contributed by atoms with E-state index in [1.54, 1.807) is 0 Å². The minimum Gasteiger partial charge on any atom is -0.466 e. The van der Waals surface area contributed by atoms with Crippen molar-refractivity contribution >= 4 is 11.9 Å². The lowest BCUT2D eigenvalue weighted by Crippen LogP contribution is -2.08. The quantitative estimate of drug-likeness (QED) is 0.140. The number of esters is 2. The van der Waals surface area contributed by atoms with Crippen molar-refractivity contribution in [3.8, 4) is 0 Å². The van der Waals surface area contributed by atoms with Crippen LogP contribution in [-0.4, -0.2) is 25.2 Å². The van der Waals surface area contributed by atoms with Gasteiger partial charge in [-0.2, -0.15) is 0 Å². The van der Waals surface area contributed by atoms with Gasteiger partial charge in [-0.05, 0) is 37.5 Å². The average Bonchev–Trinajstić information content (AvgIpc) is 2.68. The Morgan fingerprint density at radius 2 is 0.833 bits per heavy atom. The number of ether oxygens (including phenoxy) is 2. The molecule has 0 atom stereocenters. The molecule has 4 nitrogen and oxygen atoms in total. The molecular weight excluding hydrogens is 376 g/mol. The van der Waals surface area contributed by atoms with Gasteiger partial charge in [-0.25, -0.2) is 0 Å². The maximum absolute atomic E-state index is 11.7. The zero-order chi connectivity index (χ0) is 22.5. The minimum atomic E-state index is -0.138. The molecule has 0 spiro atoms. The third-order valence-corrected chi connectivity index (χ3v) is 5.39. The first-order valence-electron chi connectivity index (χ1n) is 12.7. The normalized spacial score (nSPS) is 11.3. The standard InChI is InChI=1S/C26H50O4/c1-23(2)17-11-7-5-9-15-21-29-25(27)19-13-14-20-26(28)30-22-16-10-6-8-12-18-24(3)4/h23-24H,5-22H2,1-4H3. The SMILES string of the molecule is CC(C)CCCCCCCOC(=O)CCCCC(=O)OCCCCCCCC(C)C. The highest BCUT2D eigenvalue weighted by atomic mass is 16.5. The van der Waals surface area contributed by atoms with E-state index < -0.39 is 0 Å². The predicted molar refractivity (Wildman–Crippen MR) is 125 cm³/mol. The molecule has 178 valence electrons. The van der Waals surface area contributed by atoms with Crippen LogP contribution in [0.5, 0.6) is 0 Å². The molecular formula is C26H50O4. The summed E-state index contributed by atoms with van der Waals surface area (Å²) in [5, 5.41) is 0. The number of carbonyl (C=O) groups is 2. The summed E-state index contributed by atoms with van der Waals surface area (Å²) in [6.07, 6.45) is 16.6. The second-order valence-electron chi connectivity index (χ2n) is 9.55. The van der Waals surface area contributed by atoms with Crippen LogP contribution in [-0.2, 0) is 19.1 Å². The largest absolute Gasteiger partial charge is 0.466 e. The molecule has 4 heteroatoms. The highest BCUT2D eigenvalue weighted by Crippen LogP contribution is 2.12. The lowest BCUT2D eigenvalue weighted by atomic mass is 10.0. The molecule has 0 radical (unpaired) electrons. The molecule has 0 bridgehead atoms. The van der Waals surface area contributed by atoms with Gasteiger partial charge in [0.05, 0.1) is 13.2 Å². The van der Waals surface area contributed by atoms with Crippen molar-refractivity contribution in [2.24, 2.45) is 11.8 Å². The Kier molecular flexibility index (Phi) is 20.4. The second-order valence-corrected chi connectivity index (χ2v) is 9.55. The molecule has 0 aromatic carbocycles. The maximum atomic E-state index is 11.7. The number of hydrogen-bond acceptors (Lipinski definition) is 4. The molecule has 30 heavy (non-hydrogen) atoms. The first kappa shape index (κ1) is 28.9. The van der Waals surface area contributed by atoms with E-state index in [0.29, 0.717) is 38.9 Å². The Labute approximate surface area is 186 Å². The van der Waals surface area contributed by atoms with Crippen LogP contribution >= 0.6 is 0 Å². The van der Waals surface area contributed by atoms with Crippen LogP contribution in [0.15, 0.2) is 0 Å². The zero-order valence-electron chi connectivity index (χ0n) is 20.5. The van der Waals surface area contributed by atoms with Crippen molar-refractivity contribution in [1.82, 2.24) is 0 Å². The van der Waals surface area contributed by atoms with Crippen molar-refractivity contribution in [1.29, 1.82) is 0 Å². The van der Waals surface area contributed by atoms with Crippen molar-refractivity contribution in [2.75, 3.05) is 13.2 Å². The number of carbonyl (C=O) groups excluding carboxylic acids is 2. The number of hydrogen-bond donors (Lipinski definition) is 0. The summed E-state index contributed by atoms with van der Waals surface area (Å²) < 4.78 is 10.5. The van der Waals surface area contributed by atoms with Gasteiger partial charge < -0.3 is 9.47 Å². The lowest BCUT2D eigenvalue weighted by molar-refractivity contribution is -0.146. The fourth-order valence-corrected chi connectivity index (χ4v) is 3.42. The number of rotatable bonds is 21. The molecule has 0 saturated carbocycles. The van der Waals surface area contributed by atoms with Gasteiger partial charge in [0.1, 0.15) is 0 Å². The molecule has 0 fully saturated rings. The van der Waals surface area contributed by atoms with E-state index >= 15 is 0 Å². The Morgan fingerprint density at radius 1 is 0.500 bits per heavy atom. The first-order valence-corrected chi connectivity index (χ1v) is 12.7. The summed E-state index contributed by atoms with van der Waals surface area (Å²) in [5.41, 5.74) is 0. The van der Waals surface area contributed by atoms with E-state index in [4.69, 9.17) is 9.47 Å². The van der Waals surface area contributed by atoms with Crippen molar-refractivity contribution in [2.45, 2.75) is 130 Å². The van der Waals surface area contributed by atoms with Gasteiger partial charge in [0.15, 0.2) is 0 Å². The van der Waals surface area contributed by atoms with E-state index in [0.717, 1.165) is 37.5 Å².